The first-order valence-electron chi connectivity index (χ1n) is 11.4. The Morgan fingerprint density at radius 1 is 1.03 bits per heavy atom. The van der Waals surface area contributed by atoms with E-state index in [9.17, 15) is 9.59 Å². The number of likely N-dealkylation sites (tertiary alicyclic amines) is 2. The summed E-state index contributed by atoms with van der Waals surface area (Å²) < 4.78 is 4.82. The van der Waals surface area contributed by atoms with Crippen molar-refractivity contribution in [3.8, 4) is 0 Å². The molecule has 0 saturated carbocycles. The average Bonchev–Trinajstić information content (AvgIpc) is 2.67. The quantitative estimate of drug-likeness (QED) is 0.575. The van der Waals surface area contributed by atoms with Crippen LogP contribution in [0, 0.1) is 17.8 Å². The third kappa shape index (κ3) is 11.1. The van der Waals surface area contributed by atoms with Gasteiger partial charge in [-0.15, -0.1) is 0 Å². The molecule has 2 saturated heterocycles. The minimum atomic E-state index is 0.171. The average molecular weight is 412 g/mol. The molecule has 6 heteroatoms. The molecule has 0 aromatic carbocycles. The molecular weight excluding hydrogens is 366 g/mol. The summed E-state index contributed by atoms with van der Waals surface area (Å²) in [6.45, 7) is 14.5. The second kappa shape index (κ2) is 14.1. The van der Waals surface area contributed by atoms with Gasteiger partial charge in [-0.2, -0.15) is 0 Å². The van der Waals surface area contributed by atoms with Crippen molar-refractivity contribution in [2.45, 2.75) is 59.5 Å². The van der Waals surface area contributed by atoms with Crippen molar-refractivity contribution in [3.05, 3.63) is 0 Å². The summed E-state index contributed by atoms with van der Waals surface area (Å²) in [4.78, 5) is 28.7. The lowest BCUT2D eigenvalue weighted by Gasteiger charge is -2.39. The number of aldehydes is 1. The van der Waals surface area contributed by atoms with Crippen LogP contribution in [0.25, 0.3) is 0 Å². The van der Waals surface area contributed by atoms with Crippen molar-refractivity contribution in [1.29, 1.82) is 0 Å². The highest BCUT2D eigenvalue weighted by Crippen LogP contribution is 2.32. The third-order valence-electron chi connectivity index (χ3n) is 5.90. The maximum Gasteiger partial charge on any atom is 0.236 e. The molecule has 0 spiro atoms. The number of nitrogens with zero attached hydrogens (tertiary/aromatic N) is 3. The summed E-state index contributed by atoms with van der Waals surface area (Å²) in [5.74, 6) is 2.70. The number of rotatable bonds is 8. The van der Waals surface area contributed by atoms with Crippen LogP contribution >= 0.6 is 0 Å². The SMILES string of the molecule is CC(C)CN(C)CC(=O)N1CCC(C2CCN(C)CC2)CC1.CC(C)OCC=O. The maximum atomic E-state index is 12.4. The van der Waals surface area contributed by atoms with Gasteiger partial charge in [0.2, 0.25) is 5.91 Å². The van der Waals surface area contributed by atoms with E-state index in [0.717, 1.165) is 37.8 Å². The molecule has 0 aliphatic carbocycles. The van der Waals surface area contributed by atoms with Crippen LogP contribution in [0.4, 0.5) is 0 Å². The van der Waals surface area contributed by atoms with Gasteiger partial charge in [0, 0.05) is 19.6 Å². The Labute approximate surface area is 178 Å². The Morgan fingerprint density at radius 2 is 1.55 bits per heavy atom. The van der Waals surface area contributed by atoms with Gasteiger partial charge in [-0.3, -0.25) is 9.69 Å². The molecule has 0 aromatic rings. The molecule has 6 nitrogen and oxygen atoms in total. The van der Waals surface area contributed by atoms with Crippen LogP contribution in [-0.2, 0) is 14.3 Å². The zero-order chi connectivity index (χ0) is 21.8. The Bertz CT molecular complexity index is 454. The predicted octanol–water partition coefficient (Wildman–Crippen LogP) is 2.76. The third-order valence-corrected chi connectivity index (χ3v) is 5.90. The summed E-state index contributed by atoms with van der Waals surface area (Å²) in [5.41, 5.74) is 0. The molecule has 1 amide bonds. The molecule has 170 valence electrons. The Kier molecular flexibility index (Phi) is 12.7. The fourth-order valence-electron chi connectivity index (χ4n) is 4.37. The van der Waals surface area contributed by atoms with Crippen molar-refractivity contribution >= 4 is 12.2 Å². The van der Waals surface area contributed by atoms with Crippen LogP contribution in [0.15, 0.2) is 0 Å². The molecule has 2 aliphatic heterocycles. The smallest absolute Gasteiger partial charge is 0.236 e. The number of carbonyl (C=O) groups excluding carboxylic acids is 2. The van der Waals surface area contributed by atoms with Crippen LogP contribution in [0.5, 0.6) is 0 Å². The molecule has 2 fully saturated rings. The van der Waals surface area contributed by atoms with Crippen LogP contribution < -0.4 is 0 Å². The highest BCUT2D eigenvalue weighted by atomic mass is 16.5. The highest BCUT2D eigenvalue weighted by molar-refractivity contribution is 5.78. The van der Waals surface area contributed by atoms with Crippen molar-refractivity contribution in [2.24, 2.45) is 17.8 Å². The first kappa shape index (κ1) is 26.1. The van der Waals surface area contributed by atoms with E-state index in [1.165, 1.54) is 38.8 Å². The minimum absolute atomic E-state index is 0.171. The lowest BCUT2D eigenvalue weighted by atomic mass is 9.79. The van der Waals surface area contributed by atoms with E-state index in [1.807, 2.05) is 13.8 Å². The second-order valence-electron chi connectivity index (χ2n) is 9.50. The van der Waals surface area contributed by atoms with E-state index < -0.39 is 0 Å². The van der Waals surface area contributed by atoms with Crippen molar-refractivity contribution in [1.82, 2.24) is 14.7 Å². The van der Waals surface area contributed by atoms with Crippen LogP contribution in [0.2, 0.25) is 0 Å². The van der Waals surface area contributed by atoms with E-state index in [0.29, 0.717) is 18.4 Å². The van der Waals surface area contributed by atoms with Crippen molar-refractivity contribution in [3.63, 3.8) is 0 Å². The topological polar surface area (TPSA) is 53.1 Å². The number of carbonyl (C=O) groups is 2. The first-order chi connectivity index (χ1) is 13.7. The maximum absolute atomic E-state index is 12.4. The predicted molar refractivity (Wildman–Crippen MR) is 119 cm³/mol. The molecule has 0 atom stereocenters. The van der Waals surface area contributed by atoms with Gasteiger partial charge in [0.05, 0.1) is 12.6 Å². The van der Waals surface area contributed by atoms with Gasteiger partial charge in [0.1, 0.15) is 12.9 Å². The van der Waals surface area contributed by atoms with Crippen LogP contribution in [0.3, 0.4) is 0 Å². The van der Waals surface area contributed by atoms with Gasteiger partial charge in [-0.25, -0.2) is 0 Å². The van der Waals surface area contributed by atoms with Gasteiger partial charge < -0.3 is 19.3 Å². The molecule has 0 unspecified atom stereocenters. The molecule has 0 bridgehead atoms. The molecule has 29 heavy (non-hydrogen) atoms. The molecule has 0 aromatic heterocycles. The van der Waals surface area contributed by atoms with Crippen LogP contribution in [-0.4, -0.2) is 93.0 Å². The Hall–Kier alpha value is -0.980. The fourth-order valence-corrected chi connectivity index (χ4v) is 4.37. The van der Waals surface area contributed by atoms with Gasteiger partial charge in [-0.05, 0) is 84.5 Å². The van der Waals surface area contributed by atoms with Gasteiger partial charge >= 0.3 is 0 Å². The van der Waals surface area contributed by atoms with E-state index in [-0.39, 0.29) is 12.7 Å². The monoisotopic (exact) mass is 411 g/mol. The number of hydrogen-bond acceptors (Lipinski definition) is 5. The largest absolute Gasteiger partial charge is 0.371 e. The Morgan fingerprint density at radius 3 is 1.97 bits per heavy atom. The summed E-state index contributed by atoms with van der Waals surface area (Å²) in [7, 11) is 4.29. The highest BCUT2D eigenvalue weighted by Gasteiger charge is 2.30. The summed E-state index contributed by atoms with van der Waals surface area (Å²) in [5, 5.41) is 0. The molecule has 2 heterocycles. The standard InChI is InChI=1S/C18H35N3O.C5H10O2/c1-15(2)13-20(4)14-18(22)21-11-7-17(8-12-21)16-5-9-19(3)10-6-16;1-5(2)7-4-3-6/h15-17H,5-14H2,1-4H3;3,5H,4H2,1-2H3. The normalized spacial score (nSPS) is 19.6. The van der Waals surface area contributed by atoms with Crippen LogP contribution in [0.1, 0.15) is 53.4 Å². The summed E-state index contributed by atoms with van der Waals surface area (Å²) in [6.07, 6.45) is 6.06. The van der Waals surface area contributed by atoms with E-state index in [1.54, 1.807) is 0 Å². The lowest BCUT2D eigenvalue weighted by molar-refractivity contribution is -0.134. The number of ether oxygens (including phenoxy) is 1. The first-order valence-corrected chi connectivity index (χ1v) is 11.4. The van der Waals surface area contributed by atoms with E-state index in [4.69, 9.17) is 4.74 Å². The summed E-state index contributed by atoms with van der Waals surface area (Å²) >= 11 is 0. The molecule has 2 aliphatic rings. The van der Waals surface area contributed by atoms with Gasteiger partial charge in [0.25, 0.3) is 0 Å². The number of likely N-dealkylation sites (N-methyl/N-ethyl adjacent to an activating group) is 1. The van der Waals surface area contributed by atoms with Gasteiger partial charge in [-0.1, -0.05) is 13.8 Å². The van der Waals surface area contributed by atoms with Crippen molar-refractivity contribution in [2.75, 3.05) is 60.0 Å². The fraction of sp³-hybridized carbons (Fsp3) is 0.913. The lowest BCUT2D eigenvalue weighted by Crippen LogP contribution is -2.45. The molecule has 0 radical (unpaired) electrons. The zero-order valence-corrected chi connectivity index (χ0v) is 19.7. The van der Waals surface area contributed by atoms with Crippen molar-refractivity contribution < 1.29 is 14.3 Å². The zero-order valence-electron chi connectivity index (χ0n) is 19.7. The van der Waals surface area contributed by atoms with E-state index in [2.05, 4.69) is 42.6 Å². The number of hydrogen-bond donors (Lipinski definition) is 0. The number of piperidine rings is 2. The molecule has 2 rings (SSSR count). The Balaban J connectivity index is 0.000000516. The second-order valence-corrected chi connectivity index (χ2v) is 9.50. The molecule has 0 N–H and O–H groups in total. The minimum Gasteiger partial charge on any atom is -0.371 e. The summed E-state index contributed by atoms with van der Waals surface area (Å²) in [6, 6.07) is 0. The van der Waals surface area contributed by atoms with Gasteiger partial charge in [0.15, 0.2) is 0 Å². The number of amides is 1. The molecular formula is C23H45N3O3. The van der Waals surface area contributed by atoms with E-state index >= 15 is 0 Å².